The van der Waals surface area contributed by atoms with Crippen LogP contribution in [0.1, 0.15) is 42.6 Å². The van der Waals surface area contributed by atoms with Gasteiger partial charge in [-0.3, -0.25) is 0 Å². The third-order valence-corrected chi connectivity index (χ3v) is 5.95. The number of hydrogen-bond donors (Lipinski definition) is 2. The van der Waals surface area contributed by atoms with E-state index in [4.69, 9.17) is 4.98 Å². The maximum atomic E-state index is 10.5. The van der Waals surface area contributed by atoms with Gasteiger partial charge in [0, 0.05) is 51.4 Å². The highest BCUT2D eigenvalue weighted by molar-refractivity contribution is 5.46. The highest BCUT2D eigenvalue weighted by Gasteiger charge is 2.33. The molecule has 0 amide bonds. The first kappa shape index (κ1) is 19.2. The predicted molar refractivity (Wildman–Crippen MR) is 113 cm³/mol. The lowest BCUT2D eigenvalue weighted by atomic mass is 10.0. The lowest BCUT2D eigenvalue weighted by Gasteiger charge is -2.35. The molecule has 2 atom stereocenters. The van der Waals surface area contributed by atoms with Crippen molar-refractivity contribution in [1.29, 1.82) is 0 Å². The van der Waals surface area contributed by atoms with Crippen LogP contribution in [0, 0.1) is 0 Å². The Morgan fingerprint density at radius 3 is 2.64 bits per heavy atom. The fraction of sp³-hybridized carbons (Fsp3) is 0.545. The van der Waals surface area contributed by atoms with Crippen LogP contribution in [-0.4, -0.2) is 54.4 Å². The summed E-state index contributed by atoms with van der Waals surface area (Å²) in [5.41, 5.74) is 3.62. The molecule has 0 spiro atoms. The van der Waals surface area contributed by atoms with Crippen molar-refractivity contribution in [2.24, 2.45) is 0 Å². The molecule has 1 aromatic heterocycles. The van der Waals surface area contributed by atoms with Crippen LogP contribution in [0.25, 0.3) is 0 Å². The first-order valence-electron chi connectivity index (χ1n) is 10.4. The summed E-state index contributed by atoms with van der Waals surface area (Å²) in [5.74, 6) is 1.81. The molecule has 150 valence electrons. The quantitative estimate of drug-likeness (QED) is 0.829. The van der Waals surface area contributed by atoms with E-state index in [9.17, 15) is 5.11 Å². The van der Waals surface area contributed by atoms with E-state index in [2.05, 4.69) is 52.5 Å². The Morgan fingerprint density at radius 1 is 1.18 bits per heavy atom. The standard InChI is InChI=1S/C22H31N5O/c1-4-16-14-20(25-22(24-16)26(2)3)27-11-9-17(10-12-27)23-21-18-8-6-5-7-15(18)13-19(21)28/h5-8,14,17,19,21,23,28H,4,9-13H2,1-3H3/t19-,21+/m0/s1. The zero-order valence-corrected chi connectivity index (χ0v) is 17.1. The predicted octanol–water partition coefficient (Wildman–Crippen LogP) is 2.32. The average molecular weight is 382 g/mol. The summed E-state index contributed by atoms with van der Waals surface area (Å²) >= 11 is 0. The molecular weight excluding hydrogens is 350 g/mol. The Hall–Kier alpha value is -2.18. The molecule has 0 unspecified atom stereocenters. The van der Waals surface area contributed by atoms with Gasteiger partial charge >= 0.3 is 0 Å². The van der Waals surface area contributed by atoms with E-state index in [1.165, 1.54) is 11.1 Å². The third-order valence-electron chi connectivity index (χ3n) is 5.95. The number of nitrogens with zero attached hydrogens (tertiary/aromatic N) is 4. The van der Waals surface area contributed by atoms with Crippen LogP contribution in [-0.2, 0) is 12.8 Å². The molecule has 0 bridgehead atoms. The van der Waals surface area contributed by atoms with E-state index in [0.717, 1.165) is 56.2 Å². The highest BCUT2D eigenvalue weighted by Crippen LogP contribution is 2.32. The molecule has 6 heteroatoms. The molecule has 0 radical (unpaired) electrons. The van der Waals surface area contributed by atoms with Crippen molar-refractivity contribution >= 4 is 11.8 Å². The minimum Gasteiger partial charge on any atom is -0.391 e. The monoisotopic (exact) mass is 381 g/mol. The average Bonchev–Trinajstić information content (AvgIpc) is 3.03. The Bertz CT molecular complexity index is 816. The van der Waals surface area contributed by atoms with Crippen molar-refractivity contribution in [2.75, 3.05) is 37.0 Å². The van der Waals surface area contributed by atoms with Crippen LogP contribution >= 0.6 is 0 Å². The van der Waals surface area contributed by atoms with Gasteiger partial charge in [-0.1, -0.05) is 31.2 Å². The van der Waals surface area contributed by atoms with Gasteiger partial charge in [-0.15, -0.1) is 0 Å². The molecule has 2 aromatic rings. The number of anilines is 2. The largest absolute Gasteiger partial charge is 0.391 e. The second-order valence-electron chi connectivity index (χ2n) is 8.14. The number of hydrogen-bond acceptors (Lipinski definition) is 6. The SMILES string of the molecule is CCc1cc(N2CCC(N[C@@H]3c4ccccc4C[C@@H]3O)CC2)nc(N(C)C)n1. The summed E-state index contributed by atoms with van der Waals surface area (Å²) in [4.78, 5) is 13.7. The van der Waals surface area contributed by atoms with E-state index >= 15 is 0 Å². The third kappa shape index (κ3) is 3.84. The lowest BCUT2D eigenvalue weighted by Crippen LogP contribution is -2.45. The van der Waals surface area contributed by atoms with Crippen molar-refractivity contribution in [1.82, 2.24) is 15.3 Å². The maximum absolute atomic E-state index is 10.5. The number of benzene rings is 1. The number of rotatable bonds is 5. The Labute approximate surface area is 167 Å². The van der Waals surface area contributed by atoms with E-state index in [1.807, 2.05) is 19.0 Å². The van der Waals surface area contributed by atoms with E-state index in [0.29, 0.717) is 6.04 Å². The van der Waals surface area contributed by atoms with Gasteiger partial charge in [0.15, 0.2) is 0 Å². The zero-order valence-electron chi connectivity index (χ0n) is 17.1. The molecule has 2 heterocycles. The number of aliphatic hydroxyl groups excluding tert-OH is 1. The molecule has 2 aliphatic rings. The molecule has 6 nitrogen and oxygen atoms in total. The van der Waals surface area contributed by atoms with Crippen molar-refractivity contribution in [3.8, 4) is 0 Å². The van der Waals surface area contributed by atoms with Crippen LogP contribution in [0.4, 0.5) is 11.8 Å². The molecule has 4 rings (SSSR count). The molecule has 1 aromatic carbocycles. The second-order valence-corrected chi connectivity index (χ2v) is 8.14. The number of aryl methyl sites for hydroxylation is 1. The van der Waals surface area contributed by atoms with Crippen molar-refractivity contribution in [3.05, 3.63) is 47.2 Å². The van der Waals surface area contributed by atoms with Gasteiger partial charge in [0.1, 0.15) is 5.82 Å². The summed E-state index contributed by atoms with van der Waals surface area (Å²) < 4.78 is 0. The summed E-state index contributed by atoms with van der Waals surface area (Å²) in [6, 6.07) is 11.0. The lowest BCUT2D eigenvalue weighted by molar-refractivity contribution is 0.131. The number of fused-ring (bicyclic) bond motifs is 1. The fourth-order valence-corrected chi connectivity index (χ4v) is 4.32. The van der Waals surface area contributed by atoms with Crippen LogP contribution in [0.5, 0.6) is 0 Å². The Morgan fingerprint density at radius 2 is 1.93 bits per heavy atom. The number of nitrogens with one attached hydrogen (secondary N) is 1. The number of aliphatic hydroxyl groups is 1. The second kappa shape index (κ2) is 8.05. The summed E-state index contributed by atoms with van der Waals surface area (Å²) in [6.45, 7) is 4.07. The number of aromatic nitrogens is 2. The maximum Gasteiger partial charge on any atom is 0.227 e. The molecule has 1 saturated heterocycles. The van der Waals surface area contributed by atoms with Crippen LogP contribution in [0.15, 0.2) is 30.3 Å². The molecule has 1 fully saturated rings. The van der Waals surface area contributed by atoms with E-state index in [1.54, 1.807) is 0 Å². The van der Waals surface area contributed by atoms with E-state index in [-0.39, 0.29) is 12.1 Å². The number of piperidine rings is 1. The summed E-state index contributed by atoms with van der Waals surface area (Å²) in [5, 5.41) is 14.2. The van der Waals surface area contributed by atoms with Crippen molar-refractivity contribution in [2.45, 2.75) is 50.8 Å². The van der Waals surface area contributed by atoms with Gasteiger partial charge in [-0.2, -0.15) is 4.98 Å². The van der Waals surface area contributed by atoms with Crippen LogP contribution in [0.2, 0.25) is 0 Å². The molecule has 1 aliphatic carbocycles. The summed E-state index contributed by atoms with van der Waals surface area (Å²) in [6.07, 6.45) is 3.43. The normalized spacial score (nSPS) is 22.4. The Kier molecular flexibility index (Phi) is 5.51. The van der Waals surface area contributed by atoms with Gasteiger partial charge in [0.05, 0.1) is 12.1 Å². The van der Waals surface area contributed by atoms with Crippen molar-refractivity contribution < 1.29 is 5.11 Å². The highest BCUT2D eigenvalue weighted by atomic mass is 16.3. The first-order chi connectivity index (χ1) is 13.5. The van der Waals surface area contributed by atoms with Gasteiger partial charge in [0.25, 0.3) is 0 Å². The fourth-order valence-electron chi connectivity index (χ4n) is 4.32. The minimum atomic E-state index is -0.327. The molecule has 2 N–H and O–H groups in total. The molecule has 1 aliphatic heterocycles. The van der Waals surface area contributed by atoms with Gasteiger partial charge in [-0.05, 0) is 30.4 Å². The van der Waals surface area contributed by atoms with E-state index < -0.39 is 0 Å². The molecular formula is C22H31N5O. The Balaban J connectivity index is 1.41. The first-order valence-corrected chi connectivity index (χ1v) is 10.4. The van der Waals surface area contributed by atoms with Crippen molar-refractivity contribution in [3.63, 3.8) is 0 Å². The topological polar surface area (TPSA) is 64.5 Å². The smallest absolute Gasteiger partial charge is 0.227 e. The molecule has 28 heavy (non-hydrogen) atoms. The summed E-state index contributed by atoms with van der Waals surface area (Å²) in [7, 11) is 3.97. The zero-order chi connectivity index (χ0) is 19.7. The van der Waals surface area contributed by atoms with Crippen LogP contribution < -0.4 is 15.1 Å². The minimum absolute atomic E-state index is 0.0545. The van der Waals surface area contributed by atoms with Gasteiger partial charge in [-0.25, -0.2) is 4.98 Å². The molecule has 0 saturated carbocycles. The van der Waals surface area contributed by atoms with Gasteiger partial charge < -0.3 is 20.2 Å². The van der Waals surface area contributed by atoms with Crippen LogP contribution in [0.3, 0.4) is 0 Å². The van der Waals surface area contributed by atoms with Gasteiger partial charge in [0.2, 0.25) is 5.95 Å².